The van der Waals surface area contributed by atoms with E-state index in [1.807, 2.05) is 31.2 Å². The third-order valence-electron chi connectivity index (χ3n) is 3.37. The number of hydrogen-bond acceptors (Lipinski definition) is 5. The van der Waals surface area contributed by atoms with Gasteiger partial charge >= 0.3 is 0 Å². The SMILES string of the molecule is CCOC(c1noc(Cc2ccccc2CN)n1)C(C)C. The van der Waals surface area contributed by atoms with Crippen LogP contribution in [0, 0.1) is 5.92 Å². The molecule has 0 spiro atoms. The summed E-state index contributed by atoms with van der Waals surface area (Å²) < 4.78 is 11.1. The third kappa shape index (κ3) is 3.89. The number of aromatic nitrogens is 2. The summed E-state index contributed by atoms with van der Waals surface area (Å²) in [5.41, 5.74) is 7.97. The van der Waals surface area contributed by atoms with Crippen LogP contribution in [0.25, 0.3) is 0 Å². The molecule has 5 heteroatoms. The summed E-state index contributed by atoms with van der Waals surface area (Å²) in [7, 11) is 0. The first-order valence-electron chi connectivity index (χ1n) is 7.36. The highest BCUT2D eigenvalue weighted by Gasteiger charge is 2.22. The Bertz CT molecular complexity index is 566. The molecule has 114 valence electrons. The minimum absolute atomic E-state index is 0.128. The molecule has 1 unspecified atom stereocenters. The predicted molar refractivity (Wildman–Crippen MR) is 80.6 cm³/mol. The van der Waals surface area contributed by atoms with Crippen LogP contribution in [-0.4, -0.2) is 16.7 Å². The van der Waals surface area contributed by atoms with Crippen LogP contribution in [0.2, 0.25) is 0 Å². The molecule has 2 aromatic rings. The zero-order chi connectivity index (χ0) is 15.2. The van der Waals surface area contributed by atoms with E-state index in [-0.39, 0.29) is 6.10 Å². The van der Waals surface area contributed by atoms with Crippen LogP contribution in [0.15, 0.2) is 28.8 Å². The Morgan fingerprint density at radius 3 is 2.57 bits per heavy atom. The van der Waals surface area contributed by atoms with Crippen LogP contribution in [0.1, 0.15) is 49.7 Å². The van der Waals surface area contributed by atoms with Gasteiger partial charge in [-0.2, -0.15) is 4.98 Å². The number of benzene rings is 1. The smallest absolute Gasteiger partial charge is 0.231 e. The lowest BCUT2D eigenvalue weighted by Gasteiger charge is -2.16. The van der Waals surface area contributed by atoms with Crippen LogP contribution in [0.3, 0.4) is 0 Å². The van der Waals surface area contributed by atoms with Crippen LogP contribution in [0.5, 0.6) is 0 Å². The average molecular weight is 289 g/mol. The van der Waals surface area contributed by atoms with Gasteiger partial charge in [0.1, 0.15) is 6.10 Å². The molecule has 1 aromatic heterocycles. The van der Waals surface area contributed by atoms with E-state index < -0.39 is 0 Å². The van der Waals surface area contributed by atoms with E-state index in [9.17, 15) is 0 Å². The molecule has 1 atom stereocenters. The number of nitrogens with zero attached hydrogens (tertiary/aromatic N) is 2. The highest BCUT2D eigenvalue weighted by molar-refractivity contribution is 5.29. The van der Waals surface area contributed by atoms with Crippen LogP contribution >= 0.6 is 0 Å². The maximum atomic E-state index is 5.75. The Kier molecular flexibility index (Phi) is 5.47. The number of ether oxygens (including phenoxy) is 1. The fourth-order valence-electron chi connectivity index (χ4n) is 2.29. The molecule has 1 heterocycles. The van der Waals surface area contributed by atoms with Crippen molar-refractivity contribution in [2.75, 3.05) is 6.61 Å². The van der Waals surface area contributed by atoms with Crippen molar-refractivity contribution in [2.24, 2.45) is 11.7 Å². The van der Waals surface area contributed by atoms with E-state index in [2.05, 4.69) is 24.0 Å². The summed E-state index contributed by atoms with van der Waals surface area (Å²) in [6, 6.07) is 8.02. The zero-order valence-corrected chi connectivity index (χ0v) is 12.9. The second-order valence-electron chi connectivity index (χ2n) is 5.32. The summed E-state index contributed by atoms with van der Waals surface area (Å²) in [4.78, 5) is 4.48. The van der Waals surface area contributed by atoms with Gasteiger partial charge in [-0.25, -0.2) is 0 Å². The van der Waals surface area contributed by atoms with Crippen molar-refractivity contribution in [3.8, 4) is 0 Å². The highest BCUT2D eigenvalue weighted by Crippen LogP contribution is 2.24. The Morgan fingerprint density at radius 2 is 1.95 bits per heavy atom. The molecule has 0 aliphatic rings. The van der Waals surface area contributed by atoms with Gasteiger partial charge in [-0.05, 0) is 24.0 Å². The standard InChI is InChI=1S/C16H23N3O2/c1-4-20-15(11(2)3)16-18-14(21-19-16)9-12-7-5-6-8-13(12)10-17/h5-8,11,15H,4,9-10,17H2,1-3H3. The number of nitrogens with two attached hydrogens (primary N) is 1. The summed E-state index contributed by atoms with van der Waals surface area (Å²) in [5, 5.41) is 4.07. The van der Waals surface area contributed by atoms with Gasteiger partial charge in [0.15, 0.2) is 0 Å². The summed E-state index contributed by atoms with van der Waals surface area (Å²) in [6.45, 7) is 7.27. The van der Waals surface area contributed by atoms with Gasteiger partial charge in [0.25, 0.3) is 0 Å². The zero-order valence-electron chi connectivity index (χ0n) is 12.9. The molecule has 0 aliphatic heterocycles. The van der Waals surface area contributed by atoms with E-state index in [0.29, 0.717) is 37.2 Å². The monoisotopic (exact) mass is 289 g/mol. The molecule has 0 aliphatic carbocycles. The van der Waals surface area contributed by atoms with Crippen molar-refractivity contribution < 1.29 is 9.26 Å². The molecule has 0 saturated carbocycles. The van der Waals surface area contributed by atoms with Gasteiger partial charge in [-0.1, -0.05) is 43.3 Å². The van der Waals surface area contributed by atoms with E-state index in [4.69, 9.17) is 15.0 Å². The van der Waals surface area contributed by atoms with Crippen molar-refractivity contribution in [3.63, 3.8) is 0 Å². The molecule has 21 heavy (non-hydrogen) atoms. The quantitative estimate of drug-likeness (QED) is 0.848. The number of rotatable bonds is 7. The highest BCUT2D eigenvalue weighted by atomic mass is 16.5. The summed E-state index contributed by atoms with van der Waals surface area (Å²) in [5.74, 6) is 1.51. The lowest BCUT2D eigenvalue weighted by molar-refractivity contribution is 0.0217. The maximum absolute atomic E-state index is 5.75. The first-order valence-corrected chi connectivity index (χ1v) is 7.36. The van der Waals surface area contributed by atoms with Gasteiger partial charge in [0, 0.05) is 13.2 Å². The molecule has 1 aromatic carbocycles. The lowest BCUT2D eigenvalue weighted by Crippen LogP contribution is -2.12. The molecule has 2 N–H and O–H groups in total. The van der Waals surface area contributed by atoms with Crippen molar-refractivity contribution >= 4 is 0 Å². The van der Waals surface area contributed by atoms with Gasteiger partial charge < -0.3 is 15.0 Å². The Morgan fingerprint density at radius 1 is 1.24 bits per heavy atom. The maximum Gasteiger partial charge on any atom is 0.231 e. The molecule has 5 nitrogen and oxygen atoms in total. The largest absolute Gasteiger partial charge is 0.370 e. The van der Waals surface area contributed by atoms with Gasteiger partial charge in [-0.15, -0.1) is 0 Å². The van der Waals surface area contributed by atoms with Gasteiger partial charge in [0.2, 0.25) is 11.7 Å². The van der Waals surface area contributed by atoms with Crippen molar-refractivity contribution in [2.45, 2.75) is 39.8 Å². The average Bonchev–Trinajstić information content (AvgIpc) is 2.93. The molecule has 0 amide bonds. The second-order valence-corrected chi connectivity index (χ2v) is 5.32. The van der Waals surface area contributed by atoms with Crippen LogP contribution < -0.4 is 5.73 Å². The van der Waals surface area contributed by atoms with E-state index in [1.54, 1.807) is 0 Å². The van der Waals surface area contributed by atoms with Gasteiger partial charge in [0.05, 0.1) is 6.42 Å². The van der Waals surface area contributed by atoms with E-state index in [1.165, 1.54) is 0 Å². The first kappa shape index (κ1) is 15.7. The Labute approximate surface area is 125 Å². The molecule has 0 fully saturated rings. The molecule has 0 saturated heterocycles. The topological polar surface area (TPSA) is 74.2 Å². The molecular formula is C16H23N3O2. The van der Waals surface area contributed by atoms with Crippen LogP contribution in [0.4, 0.5) is 0 Å². The van der Waals surface area contributed by atoms with E-state index >= 15 is 0 Å². The van der Waals surface area contributed by atoms with Crippen molar-refractivity contribution in [1.29, 1.82) is 0 Å². The Hall–Kier alpha value is -1.72. The summed E-state index contributed by atoms with van der Waals surface area (Å²) in [6.07, 6.45) is 0.467. The second kappa shape index (κ2) is 7.33. The van der Waals surface area contributed by atoms with E-state index in [0.717, 1.165) is 11.1 Å². The molecule has 0 radical (unpaired) electrons. The van der Waals surface area contributed by atoms with Crippen molar-refractivity contribution in [3.05, 3.63) is 47.1 Å². The third-order valence-corrected chi connectivity index (χ3v) is 3.37. The minimum Gasteiger partial charge on any atom is -0.370 e. The van der Waals surface area contributed by atoms with Crippen LogP contribution in [-0.2, 0) is 17.7 Å². The first-order chi connectivity index (χ1) is 10.2. The molecule has 2 rings (SSSR count). The minimum atomic E-state index is -0.128. The molecular weight excluding hydrogens is 266 g/mol. The fraction of sp³-hybridized carbons (Fsp3) is 0.500. The lowest BCUT2D eigenvalue weighted by atomic mass is 10.0. The number of hydrogen-bond donors (Lipinski definition) is 1. The molecule has 0 bridgehead atoms. The van der Waals surface area contributed by atoms with Gasteiger partial charge in [-0.3, -0.25) is 0 Å². The van der Waals surface area contributed by atoms with Crippen molar-refractivity contribution in [1.82, 2.24) is 10.1 Å². The Balaban J connectivity index is 2.16. The predicted octanol–water partition coefficient (Wildman–Crippen LogP) is 2.85. The fourth-order valence-corrected chi connectivity index (χ4v) is 2.29. The normalized spacial score (nSPS) is 12.8. The summed E-state index contributed by atoms with van der Waals surface area (Å²) >= 11 is 0.